The van der Waals surface area contributed by atoms with Crippen molar-refractivity contribution in [1.82, 2.24) is 4.98 Å². The zero-order chi connectivity index (χ0) is 14.7. The Kier molecular flexibility index (Phi) is 3.98. The molecular weight excluding hydrogens is 258 g/mol. The number of pyridine rings is 1. The molecule has 0 spiro atoms. The van der Waals surface area contributed by atoms with Crippen LogP contribution in [0, 0.1) is 0 Å². The molecule has 3 aromatic rings. The summed E-state index contributed by atoms with van der Waals surface area (Å²) < 4.78 is 0. The highest BCUT2D eigenvalue weighted by atomic mass is 16.3. The number of aliphatic hydroxyl groups is 1. The Morgan fingerprint density at radius 2 is 1.86 bits per heavy atom. The second kappa shape index (κ2) is 6.06. The van der Waals surface area contributed by atoms with Crippen molar-refractivity contribution < 1.29 is 5.11 Å². The predicted octanol–water partition coefficient (Wildman–Crippen LogP) is 4.27. The highest BCUT2D eigenvalue weighted by Gasteiger charge is 2.11. The van der Waals surface area contributed by atoms with Crippen LogP contribution in [0.15, 0.2) is 60.8 Å². The standard InChI is InChI=1S/C19H19NO/c1-2-5-14-6-3-7-16(12-14)19(21)17-9-10-18-15(13-17)8-4-11-20-18/h3-4,6-13,19,21H,2,5H2,1H3. The highest BCUT2D eigenvalue weighted by Crippen LogP contribution is 2.25. The molecule has 21 heavy (non-hydrogen) atoms. The van der Waals surface area contributed by atoms with Crippen LogP contribution in [0.1, 0.15) is 36.1 Å². The van der Waals surface area contributed by atoms with E-state index in [1.165, 1.54) is 5.56 Å². The van der Waals surface area contributed by atoms with E-state index in [0.29, 0.717) is 0 Å². The Hall–Kier alpha value is -2.19. The molecule has 0 aliphatic carbocycles. The number of rotatable bonds is 4. The quantitative estimate of drug-likeness (QED) is 0.772. The third kappa shape index (κ3) is 2.96. The van der Waals surface area contributed by atoms with Crippen LogP contribution in [0.25, 0.3) is 10.9 Å². The zero-order valence-electron chi connectivity index (χ0n) is 12.2. The Bertz CT molecular complexity index is 751. The van der Waals surface area contributed by atoms with Crippen LogP contribution in [0.5, 0.6) is 0 Å². The topological polar surface area (TPSA) is 33.1 Å². The van der Waals surface area contributed by atoms with Gasteiger partial charge in [-0.05, 0) is 41.3 Å². The van der Waals surface area contributed by atoms with E-state index in [1.807, 2.05) is 42.5 Å². The van der Waals surface area contributed by atoms with Crippen molar-refractivity contribution in [2.45, 2.75) is 25.9 Å². The maximum Gasteiger partial charge on any atom is 0.104 e. The van der Waals surface area contributed by atoms with Crippen molar-refractivity contribution in [1.29, 1.82) is 0 Å². The Balaban J connectivity index is 1.95. The molecule has 0 saturated heterocycles. The normalized spacial score (nSPS) is 12.5. The van der Waals surface area contributed by atoms with Gasteiger partial charge in [0.15, 0.2) is 0 Å². The van der Waals surface area contributed by atoms with Crippen molar-refractivity contribution in [2.75, 3.05) is 0 Å². The Labute approximate surface area is 125 Å². The minimum absolute atomic E-state index is 0.591. The monoisotopic (exact) mass is 277 g/mol. The summed E-state index contributed by atoms with van der Waals surface area (Å²) in [6, 6.07) is 18.1. The molecule has 1 atom stereocenters. The number of hydrogen-bond acceptors (Lipinski definition) is 2. The molecule has 1 N–H and O–H groups in total. The Morgan fingerprint density at radius 3 is 2.71 bits per heavy atom. The van der Waals surface area contributed by atoms with Crippen LogP contribution >= 0.6 is 0 Å². The van der Waals surface area contributed by atoms with Crippen LogP contribution in [0.3, 0.4) is 0 Å². The lowest BCUT2D eigenvalue weighted by Crippen LogP contribution is -2.00. The van der Waals surface area contributed by atoms with Gasteiger partial charge in [0.2, 0.25) is 0 Å². The Morgan fingerprint density at radius 1 is 1.00 bits per heavy atom. The van der Waals surface area contributed by atoms with Gasteiger partial charge in [0.05, 0.1) is 5.52 Å². The molecule has 3 rings (SSSR count). The summed E-state index contributed by atoms with van der Waals surface area (Å²) in [5, 5.41) is 11.7. The van der Waals surface area contributed by atoms with E-state index in [0.717, 1.165) is 34.9 Å². The molecule has 1 heterocycles. The molecule has 0 amide bonds. The van der Waals surface area contributed by atoms with E-state index in [-0.39, 0.29) is 0 Å². The number of fused-ring (bicyclic) bond motifs is 1. The average molecular weight is 277 g/mol. The first kappa shape index (κ1) is 13.8. The van der Waals surface area contributed by atoms with Crippen molar-refractivity contribution in [3.63, 3.8) is 0 Å². The molecule has 2 nitrogen and oxygen atoms in total. The first-order valence-corrected chi connectivity index (χ1v) is 7.39. The highest BCUT2D eigenvalue weighted by molar-refractivity contribution is 5.79. The summed E-state index contributed by atoms with van der Waals surface area (Å²) in [6.07, 6.45) is 3.35. The van der Waals surface area contributed by atoms with Gasteiger partial charge >= 0.3 is 0 Å². The molecule has 0 radical (unpaired) electrons. The second-order valence-corrected chi connectivity index (χ2v) is 5.35. The van der Waals surface area contributed by atoms with Gasteiger partial charge in [-0.15, -0.1) is 0 Å². The van der Waals surface area contributed by atoms with E-state index in [1.54, 1.807) is 6.20 Å². The summed E-state index contributed by atoms with van der Waals surface area (Å²) in [5.41, 5.74) is 4.08. The molecule has 0 fully saturated rings. The fourth-order valence-electron chi connectivity index (χ4n) is 2.66. The molecule has 1 aromatic heterocycles. The third-order valence-corrected chi connectivity index (χ3v) is 3.75. The second-order valence-electron chi connectivity index (χ2n) is 5.35. The van der Waals surface area contributed by atoms with Crippen LogP contribution < -0.4 is 0 Å². The minimum Gasteiger partial charge on any atom is -0.384 e. The van der Waals surface area contributed by atoms with Crippen molar-refractivity contribution in [3.05, 3.63) is 77.5 Å². The van der Waals surface area contributed by atoms with Gasteiger partial charge in [0, 0.05) is 11.6 Å². The molecule has 0 aliphatic rings. The molecule has 2 heteroatoms. The predicted molar refractivity (Wildman–Crippen MR) is 86.2 cm³/mol. The maximum absolute atomic E-state index is 10.6. The molecule has 0 saturated carbocycles. The van der Waals surface area contributed by atoms with Crippen LogP contribution in [0.4, 0.5) is 0 Å². The zero-order valence-corrected chi connectivity index (χ0v) is 12.2. The number of aliphatic hydroxyl groups excluding tert-OH is 1. The summed E-state index contributed by atoms with van der Waals surface area (Å²) in [6.45, 7) is 2.17. The molecule has 0 aliphatic heterocycles. The number of aryl methyl sites for hydroxylation is 1. The largest absolute Gasteiger partial charge is 0.384 e. The van der Waals surface area contributed by atoms with Gasteiger partial charge in [-0.3, -0.25) is 4.98 Å². The number of hydrogen-bond donors (Lipinski definition) is 1. The lowest BCUT2D eigenvalue weighted by atomic mass is 9.97. The number of nitrogens with zero attached hydrogens (tertiary/aromatic N) is 1. The van der Waals surface area contributed by atoms with Gasteiger partial charge in [-0.25, -0.2) is 0 Å². The summed E-state index contributed by atoms with van der Waals surface area (Å²) in [7, 11) is 0. The van der Waals surface area contributed by atoms with E-state index < -0.39 is 6.10 Å². The smallest absolute Gasteiger partial charge is 0.104 e. The summed E-state index contributed by atoms with van der Waals surface area (Å²) in [4.78, 5) is 4.31. The van der Waals surface area contributed by atoms with E-state index in [2.05, 4.69) is 24.0 Å². The van der Waals surface area contributed by atoms with Gasteiger partial charge in [0.25, 0.3) is 0 Å². The molecule has 106 valence electrons. The maximum atomic E-state index is 10.6. The fourth-order valence-corrected chi connectivity index (χ4v) is 2.66. The van der Waals surface area contributed by atoms with E-state index in [9.17, 15) is 5.11 Å². The van der Waals surface area contributed by atoms with Crippen LogP contribution in [-0.4, -0.2) is 10.1 Å². The van der Waals surface area contributed by atoms with E-state index >= 15 is 0 Å². The summed E-state index contributed by atoms with van der Waals surface area (Å²) in [5.74, 6) is 0. The van der Waals surface area contributed by atoms with Crippen molar-refractivity contribution in [3.8, 4) is 0 Å². The van der Waals surface area contributed by atoms with Gasteiger partial charge in [-0.2, -0.15) is 0 Å². The van der Waals surface area contributed by atoms with Gasteiger partial charge in [0.1, 0.15) is 6.10 Å². The number of benzene rings is 2. The first-order valence-electron chi connectivity index (χ1n) is 7.39. The SMILES string of the molecule is CCCc1cccc(C(O)c2ccc3ncccc3c2)c1. The van der Waals surface area contributed by atoms with Gasteiger partial charge < -0.3 is 5.11 Å². The van der Waals surface area contributed by atoms with Crippen molar-refractivity contribution >= 4 is 10.9 Å². The number of aromatic nitrogens is 1. The molecule has 1 unspecified atom stereocenters. The molecular formula is C19H19NO. The minimum atomic E-state index is -0.591. The average Bonchev–Trinajstić information content (AvgIpc) is 2.54. The molecule has 2 aromatic carbocycles. The first-order chi connectivity index (χ1) is 10.3. The van der Waals surface area contributed by atoms with Crippen LogP contribution in [0.2, 0.25) is 0 Å². The lowest BCUT2D eigenvalue weighted by Gasteiger charge is -2.13. The molecule has 0 bridgehead atoms. The lowest BCUT2D eigenvalue weighted by molar-refractivity contribution is 0.220. The summed E-state index contributed by atoms with van der Waals surface area (Å²) >= 11 is 0. The third-order valence-electron chi connectivity index (χ3n) is 3.75. The van der Waals surface area contributed by atoms with E-state index in [4.69, 9.17) is 0 Å². The van der Waals surface area contributed by atoms with Gasteiger partial charge in [-0.1, -0.05) is 49.7 Å². The van der Waals surface area contributed by atoms with Crippen molar-refractivity contribution in [2.24, 2.45) is 0 Å². The van der Waals surface area contributed by atoms with Crippen LogP contribution in [-0.2, 0) is 6.42 Å². The fraction of sp³-hybridized carbons (Fsp3) is 0.211.